The van der Waals surface area contributed by atoms with Crippen molar-refractivity contribution in [3.05, 3.63) is 12.7 Å². The van der Waals surface area contributed by atoms with Crippen molar-refractivity contribution in [3.63, 3.8) is 0 Å². The van der Waals surface area contributed by atoms with E-state index >= 15 is 0 Å². The predicted molar refractivity (Wildman–Crippen MR) is 49.8 cm³/mol. The van der Waals surface area contributed by atoms with Crippen LogP contribution in [0.15, 0.2) is 12.7 Å². The second-order valence-electron chi connectivity index (χ2n) is 3.63. The Bertz CT molecular complexity index is 206. The SMILES string of the molecule is C=CCO[C@H]1CC[C@H]2O[C@@H]1[C@H](CO)O2. The number of hydrogen-bond acceptors (Lipinski definition) is 4. The molecule has 14 heavy (non-hydrogen) atoms. The minimum Gasteiger partial charge on any atom is -0.394 e. The summed E-state index contributed by atoms with van der Waals surface area (Å²) in [6.07, 6.45) is 3.05. The number of rotatable bonds is 4. The van der Waals surface area contributed by atoms with Crippen LogP contribution in [-0.4, -0.2) is 42.9 Å². The van der Waals surface area contributed by atoms with Gasteiger partial charge in [-0.25, -0.2) is 0 Å². The fourth-order valence-electron chi connectivity index (χ4n) is 2.01. The molecule has 2 bridgehead atoms. The summed E-state index contributed by atoms with van der Waals surface area (Å²) in [4.78, 5) is 0. The fourth-order valence-corrected chi connectivity index (χ4v) is 2.01. The Balaban J connectivity index is 1.94. The minimum atomic E-state index is -0.225. The van der Waals surface area contributed by atoms with Gasteiger partial charge >= 0.3 is 0 Å². The molecule has 80 valence electrons. The number of hydrogen-bond donors (Lipinski definition) is 1. The van der Waals surface area contributed by atoms with E-state index in [1.165, 1.54) is 0 Å². The van der Waals surface area contributed by atoms with E-state index in [1.54, 1.807) is 6.08 Å². The van der Waals surface area contributed by atoms with Crippen LogP contribution in [0.2, 0.25) is 0 Å². The van der Waals surface area contributed by atoms with Crippen LogP contribution in [0.1, 0.15) is 12.8 Å². The van der Waals surface area contributed by atoms with Crippen molar-refractivity contribution in [2.75, 3.05) is 13.2 Å². The van der Waals surface area contributed by atoms with E-state index in [0.717, 1.165) is 12.8 Å². The Hall–Kier alpha value is -0.420. The molecule has 2 rings (SSSR count). The van der Waals surface area contributed by atoms with Gasteiger partial charge in [0.1, 0.15) is 12.2 Å². The highest BCUT2D eigenvalue weighted by Crippen LogP contribution is 2.33. The summed E-state index contributed by atoms with van der Waals surface area (Å²) in [5.74, 6) is 0. The van der Waals surface area contributed by atoms with E-state index in [0.29, 0.717) is 6.61 Å². The molecular formula is C10H16O4. The zero-order chi connectivity index (χ0) is 9.97. The molecule has 4 nitrogen and oxygen atoms in total. The molecule has 2 aliphatic rings. The maximum atomic E-state index is 9.08. The third-order valence-corrected chi connectivity index (χ3v) is 2.66. The molecule has 0 unspecified atom stereocenters. The van der Waals surface area contributed by atoms with E-state index in [4.69, 9.17) is 19.3 Å². The Morgan fingerprint density at radius 1 is 1.43 bits per heavy atom. The van der Waals surface area contributed by atoms with Crippen molar-refractivity contribution >= 4 is 0 Å². The van der Waals surface area contributed by atoms with Gasteiger partial charge in [-0.2, -0.15) is 0 Å². The van der Waals surface area contributed by atoms with Gasteiger partial charge in [-0.3, -0.25) is 0 Å². The zero-order valence-electron chi connectivity index (χ0n) is 8.09. The molecule has 2 saturated heterocycles. The van der Waals surface area contributed by atoms with E-state index < -0.39 is 0 Å². The molecule has 0 aromatic carbocycles. The van der Waals surface area contributed by atoms with Gasteiger partial charge in [0.2, 0.25) is 0 Å². The molecule has 0 aliphatic carbocycles. The van der Waals surface area contributed by atoms with Crippen molar-refractivity contribution in [2.45, 2.75) is 37.4 Å². The Morgan fingerprint density at radius 3 is 3.00 bits per heavy atom. The summed E-state index contributed by atoms with van der Waals surface area (Å²) >= 11 is 0. The number of aliphatic hydroxyl groups is 1. The van der Waals surface area contributed by atoms with Gasteiger partial charge in [0.25, 0.3) is 0 Å². The average Bonchev–Trinajstić information content (AvgIpc) is 2.55. The maximum absolute atomic E-state index is 9.08. The molecule has 0 radical (unpaired) electrons. The van der Waals surface area contributed by atoms with Crippen LogP contribution in [0.4, 0.5) is 0 Å². The van der Waals surface area contributed by atoms with Crippen molar-refractivity contribution in [2.24, 2.45) is 0 Å². The molecule has 2 heterocycles. The first kappa shape index (κ1) is 10.1. The lowest BCUT2D eigenvalue weighted by Crippen LogP contribution is -2.40. The summed E-state index contributed by atoms with van der Waals surface area (Å²) in [6, 6.07) is 0. The third-order valence-electron chi connectivity index (χ3n) is 2.66. The van der Waals surface area contributed by atoms with E-state index in [9.17, 15) is 0 Å². The number of fused-ring (bicyclic) bond motifs is 2. The monoisotopic (exact) mass is 200 g/mol. The van der Waals surface area contributed by atoms with Gasteiger partial charge < -0.3 is 19.3 Å². The molecular weight excluding hydrogens is 184 g/mol. The van der Waals surface area contributed by atoms with Crippen molar-refractivity contribution in [1.82, 2.24) is 0 Å². The molecule has 0 amide bonds. The summed E-state index contributed by atoms with van der Waals surface area (Å²) in [6.45, 7) is 4.12. The van der Waals surface area contributed by atoms with Crippen LogP contribution >= 0.6 is 0 Å². The lowest BCUT2D eigenvalue weighted by Gasteiger charge is -2.28. The first-order valence-corrected chi connectivity index (χ1v) is 4.99. The Kier molecular flexibility index (Phi) is 3.18. The Morgan fingerprint density at radius 2 is 2.29 bits per heavy atom. The molecule has 2 fully saturated rings. The van der Waals surface area contributed by atoms with Crippen LogP contribution in [0.3, 0.4) is 0 Å². The second kappa shape index (κ2) is 4.40. The molecule has 4 heteroatoms. The highest BCUT2D eigenvalue weighted by atomic mass is 16.7. The molecule has 0 spiro atoms. The van der Waals surface area contributed by atoms with Crippen molar-refractivity contribution in [1.29, 1.82) is 0 Å². The van der Waals surface area contributed by atoms with Gasteiger partial charge in [-0.15, -0.1) is 6.58 Å². The van der Waals surface area contributed by atoms with E-state index in [1.807, 2.05) is 0 Å². The van der Waals surface area contributed by atoms with Crippen LogP contribution in [0.25, 0.3) is 0 Å². The first-order valence-electron chi connectivity index (χ1n) is 4.99. The third kappa shape index (κ3) is 1.83. The molecule has 2 aliphatic heterocycles. The molecule has 4 atom stereocenters. The molecule has 0 aromatic heterocycles. The second-order valence-corrected chi connectivity index (χ2v) is 3.63. The van der Waals surface area contributed by atoms with Crippen LogP contribution in [0.5, 0.6) is 0 Å². The lowest BCUT2D eigenvalue weighted by atomic mass is 10.0. The topological polar surface area (TPSA) is 47.9 Å². The van der Waals surface area contributed by atoms with Gasteiger partial charge in [-0.05, 0) is 6.42 Å². The number of ether oxygens (including phenoxy) is 3. The van der Waals surface area contributed by atoms with Crippen molar-refractivity contribution < 1.29 is 19.3 Å². The summed E-state index contributed by atoms with van der Waals surface area (Å²) in [5.41, 5.74) is 0. The van der Waals surface area contributed by atoms with Gasteiger partial charge in [0.15, 0.2) is 6.29 Å². The van der Waals surface area contributed by atoms with Crippen LogP contribution in [-0.2, 0) is 14.2 Å². The molecule has 0 aromatic rings. The minimum absolute atomic E-state index is 0.00485. The van der Waals surface area contributed by atoms with Gasteiger partial charge in [0, 0.05) is 6.42 Å². The maximum Gasteiger partial charge on any atom is 0.158 e. The van der Waals surface area contributed by atoms with Gasteiger partial charge in [0.05, 0.1) is 19.3 Å². The predicted octanol–water partition coefficient (Wildman–Crippen LogP) is 0.454. The lowest BCUT2D eigenvalue weighted by molar-refractivity contribution is -0.132. The summed E-state index contributed by atoms with van der Waals surface area (Å²) in [7, 11) is 0. The summed E-state index contributed by atoms with van der Waals surface area (Å²) in [5, 5.41) is 9.08. The Labute approximate surface area is 83.5 Å². The van der Waals surface area contributed by atoms with Crippen molar-refractivity contribution in [3.8, 4) is 0 Å². The normalized spacial score (nSPS) is 41.2. The fraction of sp³-hybridized carbons (Fsp3) is 0.800. The molecule has 1 N–H and O–H groups in total. The van der Waals surface area contributed by atoms with Crippen LogP contribution in [0, 0.1) is 0 Å². The quantitative estimate of drug-likeness (QED) is 0.669. The zero-order valence-corrected chi connectivity index (χ0v) is 8.09. The van der Waals surface area contributed by atoms with Gasteiger partial charge in [-0.1, -0.05) is 6.08 Å². The van der Waals surface area contributed by atoms with E-state index in [2.05, 4.69) is 6.58 Å². The standard InChI is InChI=1S/C10H16O4/c1-2-5-12-7-3-4-9-13-8(6-11)10(7)14-9/h2,7-11H,1,3-6H2/t7-,8-,9+,10-/m0/s1. The van der Waals surface area contributed by atoms with Crippen LogP contribution < -0.4 is 0 Å². The highest BCUT2D eigenvalue weighted by molar-refractivity contribution is 4.89. The smallest absolute Gasteiger partial charge is 0.158 e. The average molecular weight is 200 g/mol. The highest BCUT2D eigenvalue weighted by Gasteiger charge is 2.45. The largest absolute Gasteiger partial charge is 0.394 e. The number of aliphatic hydroxyl groups excluding tert-OH is 1. The first-order chi connectivity index (χ1) is 6.85. The van der Waals surface area contributed by atoms with E-state index in [-0.39, 0.29) is 31.2 Å². The molecule has 0 saturated carbocycles. The summed E-state index contributed by atoms with van der Waals surface area (Å²) < 4.78 is 16.6.